The highest BCUT2D eigenvalue weighted by molar-refractivity contribution is 7.19. The van der Waals surface area contributed by atoms with Gasteiger partial charge in [0.15, 0.2) is 11.5 Å². The topological polar surface area (TPSA) is 57.7 Å². The highest BCUT2D eigenvalue weighted by Crippen LogP contribution is 2.27. The van der Waals surface area contributed by atoms with Crippen molar-refractivity contribution in [1.82, 2.24) is 4.98 Å². The number of fused-ring (bicyclic) bond motifs is 1. The summed E-state index contributed by atoms with van der Waals surface area (Å²) in [6.45, 7) is 0.156. The molecule has 0 atom stereocenters. The number of nitrogens with zero attached hydrogens (tertiary/aromatic N) is 1. The van der Waals surface area contributed by atoms with Gasteiger partial charge >= 0.3 is 5.97 Å². The van der Waals surface area contributed by atoms with Crippen molar-refractivity contribution in [2.45, 2.75) is 6.61 Å². The molecule has 1 heterocycles. The first-order valence-electron chi connectivity index (χ1n) is 7.61. The minimum atomic E-state index is -0.422. The molecule has 0 fully saturated rings. The van der Waals surface area contributed by atoms with Crippen molar-refractivity contribution in [3.63, 3.8) is 0 Å². The molecule has 128 valence electrons. The summed E-state index contributed by atoms with van der Waals surface area (Å²) in [4.78, 5) is 16.3. The van der Waals surface area contributed by atoms with E-state index in [2.05, 4.69) is 4.98 Å². The van der Waals surface area contributed by atoms with Gasteiger partial charge in [0.1, 0.15) is 11.6 Å². The molecule has 0 aliphatic rings. The van der Waals surface area contributed by atoms with E-state index in [1.807, 2.05) is 30.3 Å². The van der Waals surface area contributed by atoms with Crippen molar-refractivity contribution in [2.24, 2.45) is 0 Å². The summed E-state index contributed by atoms with van der Waals surface area (Å²) in [6.07, 6.45) is 3.06. The lowest BCUT2D eigenvalue weighted by molar-refractivity contribution is -0.138. The van der Waals surface area contributed by atoms with Crippen LogP contribution in [-0.4, -0.2) is 25.2 Å². The summed E-state index contributed by atoms with van der Waals surface area (Å²) in [5.74, 6) is 0.809. The maximum atomic E-state index is 11.9. The Kier molecular flexibility index (Phi) is 5.30. The second-order valence-electron chi connectivity index (χ2n) is 5.15. The molecule has 25 heavy (non-hydrogen) atoms. The first kappa shape index (κ1) is 17.0. The summed E-state index contributed by atoms with van der Waals surface area (Å²) in [5.41, 5.74) is 1.74. The van der Waals surface area contributed by atoms with Crippen LogP contribution >= 0.6 is 11.3 Å². The third-order valence-corrected chi connectivity index (χ3v) is 4.50. The van der Waals surface area contributed by atoms with Crippen LogP contribution in [0.3, 0.4) is 0 Å². The van der Waals surface area contributed by atoms with Crippen molar-refractivity contribution in [3.05, 3.63) is 59.1 Å². The number of carbonyl (C=O) groups excluding carboxylic acids is 1. The lowest BCUT2D eigenvalue weighted by Crippen LogP contribution is -2.01. The Morgan fingerprint density at radius 3 is 2.68 bits per heavy atom. The number of ether oxygens (including phenoxy) is 3. The van der Waals surface area contributed by atoms with E-state index < -0.39 is 5.97 Å². The number of methoxy groups -OCH3 is 2. The highest BCUT2D eigenvalue weighted by Gasteiger charge is 2.06. The summed E-state index contributed by atoms with van der Waals surface area (Å²) >= 11 is 1.53. The summed E-state index contributed by atoms with van der Waals surface area (Å²) in [6, 6.07) is 13.2. The monoisotopic (exact) mass is 355 g/mol. The second kappa shape index (κ2) is 7.81. The van der Waals surface area contributed by atoms with E-state index in [1.54, 1.807) is 32.4 Å². The number of rotatable bonds is 6. The van der Waals surface area contributed by atoms with Gasteiger partial charge in [0.25, 0.3) is 0 Å². The maximum Gasteiger partial charge on any atom is 0.331 e. The van der Waals surface area contributed by atoms with E-state index >= 15 is 0 Å². The number of para-hydroxylation sites is 1. The van der Waals surface area contributed by atoms with Crippen LogP contribution in [0.5, 0.6) is 11.5 Å². The number of hydrogen-bond donors (Lipinski definition) is 0. The summed E-state index contributed by atoms with van der Waals surface area (Å²) in [7, 11) is 3.14. The second-order valence-corrected chi connectivity index (χ2v) is 6.21. The molecule has 3 rings (SSSR count). The predicted molar refractivity (Wildman–Crippen MR) is 98.0 cm³/mol. The van der Waals surface area contributed by atoms with Gasteiger partial charge in [-0.3, -0.25) is 0 Å². The minimum Gasteiger partial charge on any atom is -0.493 e. The van der Waals surface area contributed by atoms with Crippen LogP contribution in [0.25, 0.3) is 16.3 Å². The molecule has 5 nitrogen and oxygen atoms in total. The normalized spacial score (nSPS) is 11.0. The number of thiazole rings is 1. The molecule has 0 saturated heterocycles. The molecule has 6 heteroatoms. The van der Waals surface area contributed by atoms with Gasteiger partial charge in [-0.15, -0.1) is 11.3 Å². The van der Waals surface area contributed by atoms with Crippen molar-refractivity contribution >= 4 is 33.6 Å². The van der Waals surface area contributed by atoms with Crippen molar-refractivity contribution in [3.8, 4) is 11.5 Å². The van der Waals surface area contributed by atoms with Crippen LogP contribution < -0.4 is 9.47 Å². The Hall–Kier alpha value is -2.86. The van der Waals surface area contributed by atoms with E-state index in [0.717, 1.165) is 20.8 Å². The van der Waals surface area contributed by atoms with Gasteiger partial charge in [-0.05, 0) is 35.9 Å². The average Bonchev–Trinajstić information content (AvgIpc) is 3.07. The fraction of sp³-hybridized carbons (Fsp3) is 0.158. The Bertz CT molecular complexity index is 884. The van der Waals surface area contributed by atoms with Gasteiger partial charge < -0.3 is 14.2 Å². The smallest absolute Gasteiger partial charge is 0.331 e. The van der Waals surface area contributed by atoms with Gasteiger partial charge in [0.2, 0.25) is 0 Å². The van der Waals surface area contributed by atoms with Gasteiger partial charge in [-0.2, -0.15) is 0 Å². The quantitative estimate of drug-likeness (QED) is 0.493. The molecule has 0 unspecified atom stereocenters. The Balaban J connectivity index is 1.60. The fourth-order valence-electron chi connectivity index (χ4n) is 2.27. The predicted octanol–water partition coefficient (Wildman–Crippen LogP) is 4.07. The molecule has 0 saturated carbocycles. The third-order valence-electron chi connectivity index (χ3n) is 3.50. The highest BCUT2D eigenvalue weighted by atomic mass is 32.1. The van der Waals surface area contributed by atoms with Crippen LogP contribution in [0, 0.1) is 0 Å². The van der Waals surface area contributed by atoms with E-state index in [1.165, 1.54) is 17.4 Å². The minimum absolute atomic E-state index is 0.156. The van der Waals surface area contributed by atoms with Crippen LogP contribution in [0.4, 0.5) is 0 Å². The van der Waals surface area contributed by atoms with Crippen molar-refractivity contribution in [2.75, 3.05) is 14.2 Å². The van der Waals surface area contributed by atoms with Crippen LogP contribution in [0.1, 0.15) is 10.6 Å². The Morgan fingerprint density at radius 1 is 1.12 bits per heavy atom. The summed E-state index contributed by atoms with van der Waals surface area (Å²) < 4.78 is 16.7. The van der Waals surface area contributed by atoms with E-state index in [-0.39, 0.29) is 6.61 Å². The molecule has 3 aromatic rings. The average molecular weight is 355 g/mol. The summed E-state index contributed by atoms with van der Waals surface area (Å²) in [5, 5.41) is 0.768. The molecular formula is C19H17NO4S. The number of benzene rings is 2. The van der Waals surface area contributed by atoms with E-state index in [4.69, 9.17) is 14.2 Å². The first-order chi connectivity index (χ1) is 12.2. The lowest BCUT2D eigenvalue weighted by Gasteiger charge is -2.09. The molecule has 0 aliphatic heterocycles. The molecule has 1 aromatic heterocycles. The molecule has 0 amide bonds. The number of esters is 1. The van der Waals surface area contributed by atoms with Crippen molar-refractivity contribution < 1.29 is 19.0 Å². The molecule has 0 spiro atoms. The third kappa shape index (κ3) is 4.16. The van der Waals surface area contributed by atoms with Crippen molar-refractivity contribution in [1.29, 1.82) is 0 Å². The molecule has 0 radical (unpaired) electrons. The number of hydrogen-bond acceptors (Lipinski definition) is 6. The molecule has 0 aliphatic carbocycles. The van der Waals surface area contributed by atoms with Crippen LogP contribution in [0.15, 0.2) is 48.5 Å². The molecular weight excluding hydrogens is 338 g/mol. The first-order valence-corrected chi connectivity index (χ1v) is 8.42. The largest absolute Gasteiger partial charge is 0.493 e. The Labute approximate surface area is 149 Å². The zero-order chi connectivity index (χ0) is 17.6. The van der Waals surface area contributed by atoms with Gasteiger partial charge in [0.05, 0.1) is 24.4 Å². The zero-order valence-corrected chi connectivity index (χ0v) is 14.7. The maximum absolute atomic E-state index is 11.9. The fourth-order valence-corrected chi connectivity index (χ4v) is 3.14. The Morgan fingerprint density at radius 2 is 1.92 bits per heavy atom. The van der Waals surface area contributed by atoms with E-state index in [0.29, 0.717) is 11.5 Å². The lowest BCUT2D eigenvalue weighted by atomic mass is 10.2. The molecule has 0 bridgehead atoms. The van der Waals surface area contributed by atoms with Gasteiger partial charge in [-0.1, -0.05) is 18.2 Å². The van der Waals surface area contributed by atoms with Gasteiger partial charge in [-0.25, -0.2) is 9.78 Å². The van der Waals surface area contributed by atoms with Crippen LogP contribution in [-0.2, 0) is 16.1 Å². The molecule has 0 N–H and O–H groups in total. The molecule has 2 aromatic carbocycles. The standard InChI is InChI=1S/C19H17NO4S/c1-22-15-8-7-13(11-16(15)23-2)12-24-19(21)10-9-18-20-14-5-3-4-6-17(14)25-18/h3-11H,12H2,1-2H3/b10-9+. The number of carbonyl (C=O) groups is 1. The van der Waals surface area contributed by atoms with Crippen LogP contribution in [0.2, 0.25) is 0 Å². The van der Waals surface area contributed by atoms with Gasteiger partial charge in [0, 0.05) is 6.08 Å². The zero-order valence-electron chi connectivity index (χ0n) is 13.9. The van der Waals surface area contributed by atoms with E-state index in [9.17, 15) is 4.79 Å². The SMILES string of the molecule is COc1ccc(COC(=O)/C=C/c2nc3ccccc3s2)cc1OC. The number of aromatic nitrogens is 1.